The molecule has 3 rings (SSSR count). The molecule has 0 bridgehead atoms. The first-order valence-electron chi connectivity index (χ1n) is 8.58. The van der Waals surface area contributed by atoms with Crippen molar-refractivity contribution in [2.24, 2.45) is 0 Å². The number of rotatable bonds is 5. The van der Waals surface area contributed by atoms with E-state index in [2.05, 4.69) is 16.7 Å². The number of carbonyl (C=O) groups excluding carboxylic acids is 1. The highest BCUT2D eigenvalue weighted by Crippen LogP contribution is 2.44. The largest absolute Gasteiger partial charge is 0.388 e. The van der Waals surface area contributed by atoms with Gasteiger partial charge < -0.3 is 15.7 Å². The van der Waals surface area contributed by atoms with E-state index in [1.54, 1.807) is 30.4 Å². The molecular formula is C19H23ClN2O2S. The second kappa shape index (κ2) is 7.77. The van der Waals surface area contributed by atoms with Crippen LogP contribution in [0.5, 0.6) is 0 Å². The van der Waals surface area contributed by atoms with Gasteiger partial charge in [-0.05, 0) is 44.0 Å². The van der Waals surface area contributed by atoms with E-state index >= 15 is 0 Å². The first kappa shape index (κ1) is 18.2. The Kier molecular flexibility index (Phi) is 5.67. The SMILES string of the molecule is C[C@@H](O)c1ccc(C2(CNC(=O)Nc3ccccc3Cl)CCCC2)s1. The van der Waals surface area contributed by atoms with Gasteiger partial charge in [-0.1, -0.05) is 36.6 Å². The van der Waals surface area contributed by atoms with E-state index in [9.17, 15) is 9.90 Å². The van der Waals surface area contributed by atoms with Crippen molar-refractivity contribution in [3.05, 3.63) is 51.2 Å². The van der Waals surface area contributed by atoms with E-state index in [4.69, 9.17) is 11.6 Å². The van der Waals surface area contributed by atoms with Crippen molar-refractivity contribution in [3.63, 3.8) is 0 Å². The number of hydrogen-bond donors (Lipinski definition) is 3. The molecule has 0 unspecified atom stereocenters. The fourth-order valence-electron chi connectivity index (χ4n) is 3.40. The Labute approximate surface area is 157 Å². The predicted octanol–water partition coefficient (Wildman–Crippen LogP) is 5.09. The molecule has 0 spiro atoms. The Balaban J connectivity index is 1.67. The minimum absolute atomic E-state index is 0.0321. The Hall–Kier alpha value is -1.56. The number of hydrogen-bond acceptors (Lipinski definition) is 3. The van der Waals surface area contributed by atoms with Crippen LogP contribution in [-0.4, -0.2) is 17.7 Å². The quantitative estimate of drug-likeness (QED) is 0.678. The first-order valence-corrected chi connectivity index (χ1v) is 9.77. The molecule has 0 aliphatic heterocycles. The number of carbonyl (C=O) groups is 1. The van der Waals surface area contributed by atoms with Gasteiger partial charge in [0.25, 0.3) is 0 Å². The van der Waals surface area contributed by atoms with Gasteiger partial charge in [0.2, 0.25) is 0 Å². The molecule has 2 amide bonds. The number of amides is 2. The van der Waals surface area contributed by atoms with Gasteiger partial charge in [-0.25, -0.2) is 4.79 Å². The summed E-state index contributed by atoms with van der Waals surface area (Å²) in [5, 5.41) is 16.1. The molecule has 25 heavy (non-hydrogen) atoms. The highest BCUT2D eigenvalue weighted by Gasteiger charge is 2.37. The maximum atomic E-state index is 12.3. The minimum Gasteiger partial charge on any atom is -0.388 e. The van der Waals surface area contributed by atoms with Crippen molar-refractivity contribution in [1.29, 1.82) is 0 Å². The second-order valence-corrected chi connectivity index (χ2v) is 8.18. The molecule has 1 atom stereocenters. The maximum absolute atomic E-state index is 12.3. The van der Waals surface area contributed by atoms with Crippen molar-refractivity contribution in [2.45, 2.75) is 44.1 Å². The lowest BCUT2D eigenvalue weighted by Crippen LogP contribution is -2.40. The van der Waals surface area contributed by atoms with E-state index in [0.29, 0.717) is 17.3 Å². The van der Waals surface area contributed by atoms with Crippen LogP contribution < -0.4 is 10.6 Å². The maximum Gasteiger partial charge on any atom is 0.319 e. The standard InChI is InChI=1S/C19H23ClN2O2S/c1-13(23)16-8-9-17(25-16)19(10-4-5-11-19)12-21-18(24)22-15-7-3-2-6-14(15)20/h2-3,6-9,13,23H,4-5,10-12H2,1H3,(H2,21,22,24)/t13-/m1/s1. The van der Waals surface area contributed by atoms with Gasteiger partial charge in [0.15, 0.2) is 0 Å². The summed E-state index contributed by atoms with van der Waals surface area (Å²) in [6.07, 6.45) is 3.98. The normalized spacial score (nSPS) is 17.2. The van der Waals surface area contributed by atoms with Crippen LogP contribution >= 0.6 is 22.9 Å². The number of anilines is 1. The highest BCUT2D eigenvalue weighted by atomic mass is 35.5. The van der Waals surface area contributed by atoms with Gasteiger partial charge >= 0.3 is 6.03 Å². The fraction of sp³-hybridized carbons (Fsp3) is 0.421. The Morgan fingerprint density at radius 2 is 2.00 bits per heavy atom. The summed E-state index contributed by atoms with van der Waals surface area (Å²) >= 11 is 7.74. The van der Waals surface area contributed by atoms with Gasteiger partial charge in [-0.3, -0.25) is 0 Å². The van der Waals surface area contributed by atoms with Crippen molar-refractivity contribution in [3.8, 4) is 0 Å². The monoisotopic (exact) mass is 378 g/mol. The highest BCUT2D eigenvalue weighted by molar-refractivity contribution is 7.12. The molecule has 1 aliphatic carbocycles. The fourth-order valence-corrected chi connectivity index (χ4v) is 4.78. The average molecular weight is 379 g/mol. The molecule has 3 N–H and O–H groups in total. The number of nitrogens with one attached hydrogen (secondary N) is 2. The molecule has 1 saturated carbocycles. The smallest absolute Gasteiger partial charge is 0.319 e. The Bertz CT molecular complexity index is 739. The molecule has 1 aromatic carbocycles. The number of aliphatic hydroxyl groups excluding tert-OH is 1. The summed E-state index contributed by atoms with van der Waals surface area (Å²) in [4.78, 5) is 14.5. The molecule has 6 heteroatoms. The minimum atomic E-state index is -0.450. The number of halogens is 1. The Morgan fingerprint density at radius 3 is 2.64 bits per heavy atom. The van der Waals surface area contributed by atoms with Crippen molar-refractivity contribution < 1.29 is 9.90 Å². The van der Waals surface area contributed by atoms with Crippen LogP contribution in [0, 0.1) is 0 Å². The van der Waals surface area contributed by atoms with Crippen LogP contribution in [-0.2, 0) is 5.41 Å². The lowest BCUT2D eigenvalue weighted by Gasteiger charge is -2.28. The molecule has 0 saturated heterocycles. The summed E-state index contributed by atoms with van der Waals surface area (Å²) in [6.45, 7) is 2.37. The average Bonchev–Trinajstić information content (AvgIpc) is 3.25. The van der Waals surface area contributed by atoms with Gasteiger partial charge in [-0.15, -0.1) is 11.3 Å². The van der Waals surface area contributed by atoms with Gasteiger partial charge in [0.05, 0.1) is 16.8 Å². The van der Waals surface area contributed by atoms with Crippen LogP contribution in [0.1, 0.15) is 48.5 Å². The summed E-state index contributed by atoms with van der Waals surface area (Å²) in [5.41, 5.74) is 0.574. The zero-order chi connectivity index (χ0) is 17.9. The van der Waals surface area contributed by atoms with E-state index < -0.39 is 6.10 Å². The van der Waals surface area contributed by atoms with Crippen LogP contribution in [0.4, 0.5) is 10.5 Å². The zero-order valence-electron chi connectivity index (χ0n) is 14.2. The van der Waals surface area contributed by atoms with Gasteiger partial charge in [-0.2, -0.15) is 0 Å². The van der Waals surface area contributed by atoms with Crippen molar-refractivity contribution in [1.82, 2.24) is 5.32 Å². The number of para-hydroxylation sites is 1. The van der Waals surface area contributed by atoms with Crippen LogP contribution in [0.25, 0.3) is 0 Å². The number of benzene rings is 1. The third kappa shape index (κ3) is 4.17. The van der Waals surface area contributed by atoms with Gasteiger partial charge in [0.1, 0.15) is 0 Å². The summed E-state index contributed by atoms with van der Waals surface area (Å²) < 4.78 is 0. The number of urea groups is 1. The lowest BCUT2D eigenvalue weighted by atomic mass is 9.84. The molecule has 134 valence electrons. The Morgan fingerprint density at radius 1 is 1.28 bits per heavy atom. The third-order valence-corrected chi connectivity index (χ3v) is 6.66. The van der Waals surface area contributed by atoms with Crippen molar-refractivity contribution >= 4 is 34.7 Å². The van der Waals surface area contributed by atoms with Gasteiger partial charge in [0, 0.05) is 21.7 Å². The van der Waals surface area contributed by atoms with Crippen LogP contribution in [0.3, 0.4) is 0 Å². The predicted molar refractivity (Wildman–Crippen MR) is 104 cm³/mol. The van der Waals surface area contributed by atoms with Crippen LogP contribution in [0.2, 0.25) is 5.02 Å². The van der Waals surface area contributed by atoms with Crippen molar-refractivity contribution in [2.75, 3.05) is 11.9 Å². The van der Waals surface area contributed by atoms with E-state index in [1.807, 2.05) is 18.2 Å². The molecule has 1 aromatic heterocycles. The summed E-state index contributed by atoms with van der Waals surface area (Å²) in [5.74, 6) is 0. The third-order valence-electron chi connectivity index (χ3n) is 4.83. The summed E-state index contributed by atoms with van der Waals surface area (Å²) in [6, 6.07) is 11.0. The van der Waals surface area contributed by atoms with Crippen LogP contribution in [0.15, 0.2) is 36.4 Å². The molecule has 2 aromatic rings. The molecular weight excluding hydrogens is 356 g/mol. The number of thiophene rings is 1. The van der Waals surface area contributed by atoms with E-state index in [0.717, 1.165) is 30.6 Å². The first-order chi connectivity index (χ1) is 12.0. The lowest BCUT2D eigenvalue weighted by molar-refractivity contribution is 0.203. The second-order valence-electron chi connectivity index (χ2n) is 6.65. The molecule has 1 aliphatic rings. The summed E-state index contributed by atoms with van der Waals surface area (Å²) in [7, 11) is 0. The molecule has 1 fully saturated rings. The topological polar surface area (TPSA) is 61.4 Å². The number of aliphatic hydroxyl groups is 1. The van der Waals surface area contributed by atoms with E-state index in [-0.39, 0.29) is 11.4 Å². The molecule has 0 radical (unpaired) electrons. The molecule has 4 nitrogen and oxygen atoms in total. The zero-order valence-corrected chi connectivity index (χ0v) is 15.8. The molecule has 1 heterocycles. The van der Waals surface area contributed by atoms with E-state index in [1.165, 1.54) is 4.88 Å².